The van der Waals surface area contributed by atoms with Gasteiger partial charge >= 0.3 is 0 Å². The zero-order valence-electron chi connectivity index (χ0n) is 11.9. The van der Waals surface area contributed by atoms with Gasteiger partial charge in [-0.15, -0.1) is 0 Å². The maximum atomic E-state index is 3.84. The summed E-state index contributed by atoms with van der Waals surface area (Å²) in [4.78, 5) is 0. The molecule has 0 heterocycles. The predicted molar refractivity (Wildman–Crippen MR) is 78.8 cm³/mol. The van der Waals surface area contributed by atoms with Gasteiger partial charge in [-0.2, -0.15) is 0 Å². The minimum atomic E-state index is 0.482. The van der Waals surface area contributed by atoms with Crippen LogP contribution in [0.15, 0.2) is 24.3 Å². The van der Waals surface area contributed by atoms with Gasteiger partial charge in [-0.1, -0.05) is 56.4 Å². The van der Waals surface area contributed by atoms with Gasteiger partial charge in [0.05, 0.1) is 0 Å². The van der Waals surface area contributed by atoms with Gasteiger partial charge in [0.15, 0.2) is 0 Å². The van der Waals surface area contributed by atoms with E-state index in [-0.39, 0.29) is 0 Å². The third-order valence-corrected chi connectivity index (χ3v) is 4.25. The van der Waals surface area contributed by atoms with E-state index in [0.717, 1.165) is 6.04 Å². The largest absolute Gasteiger partial charge is 0.307 e. The molecule has 0 radical (unpaired) electrons. The third-order valence-electron chi connectivity index (χ3n) is 4.25. The Morgan fingerprint density at radius 1 is 1.00 bits per heavy atom. The standard InChI is InChI=1S/C17H27N/c1-14-10-8-9-13-17(14)15(2)18-16-11-6-4-3-5-7-12-16/h8-10,13,15-16,18H,3-7,11-12H2,1-2H3/t15-/m0/s1. The van der Waals surface area contributed by atoms with E-state index < -0.39 is 0 Å². The molecule has 1 fully saturated rings. The van der Waals surface area contributed by atoms with Crippen molar-refractivity contribution >= 4 is 0 Å². The second kappa shape index (κ2) is 6.94. The quantitative estimate of drug-likeness (QED) is 0.809. The first-order valence-electron chi connectivity index (χ1n) is 7.59. The van der Waals surface area contributed by atoms with Crippen LogP contribution in [0.5, 0.6) is 0 Å². The summed E-state index contributed by atoms with van der Waals surface area (Å²) in [5.74, 6) is 0. The molecule has 0 unspecified atom stereocenters. The number of aryl methyl sites for hydroxylation is 1. The Morgan fingerprint density at radius 2 is 1.61 bits per heavy atom. The average molecular weight is 245 g/mol. The maximum absolute atomic E-state index is 3.84. The van der Waals surface area contributed by atoms with Crippen LogP contribution in [0.3, 0.4) is 0 Å². The van der Waals surface area contributed by atoms with Crippen LogP contribution in [-0.2, 0) is 0 Å². The van der Waals surface area contributed by atoms with Crippen molar-refractivity contribution in [3.05, 3.63) is 35.4 Å². The molecule has 100 valence electrons. The van der Waals surface area contributed by atoms with Crippen molar-refractivity contribution in [1.82, 2.24) is 5.32 Å². The monoisotopic (exact) mass is 245 g/mol. The zero-order chi connectivity index (χ0) is 12.8. The van der Waals surface area contributed by atoms with E-state index in [0.29, 0.717) is 6.04 Å². The Morgan fingerprint density at radius 3 is 2.28 bits per heavy atom. The topological polar surface area (TPSA) is 12.0 Å². The lowest BCUT2D eigenvalue weighted by molar-refractivity contribution is 0.362. The molecule has 1 aliphatic carbocycles. The smallest absolute Gasteiger partial charge is 0.0296 e. The molecule has 1 aromatic carbocycles. The highest BCUT2D eigenvalue weighted by atomic mass is 14.9. The van der Waals surface area contributed by atoms with Crippen LogP contribution in [-0.4, -0.2) is 6.04 Å². The molecule has 1 heteroatoms. The van der Waals surface area contributed by atoms with Crippen LogP contribution in [0.25, 0.3) is 0 Å². The van der Waals surface area contributed by atoms with Gasteiger partial charge in [0, 0.05) is 12.1 Å². The Bertz CT molecular complexity index is 350. The molecule has 1 atom stereocenters. The summed E-state index contributed by atoms with van der Waals surface area (Å²) in [6.45, 7) is 4.52. The van der Waals surface area contributed by atoms with Gasteiger partial charge in [-0.3, -0.25) is 0 Å². The van der Waals surface area contributed by atoms with E-state index in [9.17, 15) is 0 Å². The number of benzene rings is 1. The second-order valence-corrected chi connectivity index (χ2v) is 5.79. The number of hydrogen-bond donors (Lipinski definition) is 1. The molecule has 1 nitrogen and oxygen atoms in total. The van der Waals surface area contributed by atoms with Crippen molar-refractivity contribution in [3.8, 4) is 0 Å². The molecule has 0 aliphatic heterocycles. The molecule has 18 heavy (non-hydrogen) atoms. The molecule has 1 N–H and O–H groups in total. The first-order valence-corrected chi connectivity index (χ1v) is 7.59. The van der Waals surface area contributed by atoms with E-state index in [1.54, 1.807) is 0 Å². The molecule has 1 aliphatic rings. The molecule has 0 bridgehead atoms. The summed E-state index contributed by atoms with van der Waals surface area (Å²) in [6.07, 6.45) is 9.82. The van der Waals surface area contributed by atoms with Crippen LogP contribution >= 0.6 is 0 Å². The number of rotatable bonds is 3. The van der Waals surface area contributed by atoms with Crippen molar-refractivity contribution in [2.75, 3.05) is 0 Å². The fourth-order valence-electron chi connectivity index (χ4n) is 3.14. The lowest BCUT2D eigenvalue weighted by Crippen LogP contribution is -2.32. The lowest BCUT2D eigenvalue weighted by Gasteiger charge is -2.26. The number of hydrogen-bond acceptors (Lipinski definition) is 1. The Labute approximate surface area is 112 Å². The first kappa shape index (κ1) is 13.6. The molecule has 0 spiro atoms. The van der Waals surface area contributed by atoms with Gasteiger partial charge in [0.1, 0.15) is 0 Å². The van der Waals surface area contributed by atoms with Crippen LogP contribution < -0.4 is 5.32 Å². The Kier molecular flexibility index (Phi) is 5.25. The number of nitrogens with one attached hydrogen (secondary N) is 1. The molecule has 2 rings (SSSR count). The highest BCUT2D eigenvalue weighted by Gasteiger charge is 2.15. The minimum Gasteiger partial charge on any atom is -0.307 e. The zero-order valence-corrected chi connectivity index (χ0v) is 11.9. The third kappa shape index (κ3) is 3.84. The summed E-state index contributed by atoms with van der Waals surface area (Å²) in [6, 6.07) is 9.96. The highest BCUT2D eigenvalue weighted by Crippen LogP contribution is 2.22. The Hall–Kier alpha value is -0.820. The summed E-state index contributed by atoms with van der Waals surface area (Å²) in [7, 11) is 0. The molecular weight excluding hydrogens is 218 g/mol. The van der Waals surface area contributed by atoms with Crippen molar-refractivity contribution in [2.45, 2.75) is 70.9 Å². The minimum absolute atomic E-state index is 0.482. The summed E-state index contributed by atoms with van der Waals surface area (Å²) in [5.41, 5.74) is 2.86. The van der Waals surface area contributed by atoms with Crippen LogP contribution in [0, 0.1) is 6.92 Å². The van der Waals surface area contributed by atoms with Crippen LogP contribution in [0.2, 0.25) is 0 Å². The van der Waals surface area contributed by atoms with Crippen molar-refractivity contribution in [2.24, 2.45) is 0 Å². The maximum Gasteiger partial charge on any atom is 0.0296 e. The van der Waals surface area contributed by atoms with Crippen LogP contribution in [0.1, 0.15) is 69.0 Å². The van der Waals surface area contributed by atoms with Gasteiger partial charge in [0.2, 0.25) is 0 Å². The van der Waals surface area contributed by atoms with E-state index in [1.807, 2.05) is 0 Å². The molecular formula is C17H27N. The summed E-state index contributed by atoms with van der Waals surface area (Å²) >= 11 is 0. The van der Waals surface area contributed by atoms with Crippen molar-refractivity contribution < 1.29 is 0 Å². The molecule has 0 aromatic heterocycles. The SMILES string of the molecule is Cc1ccccc1[C@H](C)NC1CCCCCCC1. The van der Waals surface area contributed by atoms with E-state index in [4.69, 9.17) is 0 Å². The van der Waals surface area contributed by atoms with E-state index >= 15 is 0 Å². The van der Waals surface area contributed by atoms with E-state index in [1.165, 1.54) is 56.1 Å². The van der Waals surface area contributed by atoms with Gasteiger partial charge in [0.25, 0.3) is 0 Å². The van der Waals surface area contributed by atoms with Gasteiger partial charge in [-0.25, -0.2) is 0 Å². The lowest BCUT2D eigenvalue weighted by atomic mass is 9.95. The van der Waals surface area contributed by atoms with Crippen molar-refractivity contribution in [3.63, 3.8) is 0 Å². The molecule has 0 amide bonds. The summed E-state index contributed by atoms with van der Waals surface area (Å²) in [5, 5.41) is 3.84. The predicted octanol–water partition coefficient (Wildman–Crippen LogP) is 4.76. The van der Waals surface area contributed by atoms with Gasteiger partial charge < -0.3 is 5.32 Å². The van der Waals surface area contributed by atoms with E-state index in [2.05, 4.69) is 43.4 Å². The summed E-state index contributed by atoms with van der Waals surface area (Å²) < 4.78 is 0. The fraction of sp³-hybridized carbons (Fsp3) is 0.647. The molecule has 0 saturated heterocycles. The average Bonchev–Trinajstić information content (AvgIpc) is 2.33. The van der Waals surface area contributed by atoms with Crippen LogP contribution in [0.4, 0.5) is 0 Å². The Balaban J connectivity index is 1.93. The molecule has 1 aromatic rings. The fourth-order valence-corrected chi connectivity index (χ4v) is 3.14. The van der Waals surface area contributed by atoms with Crippen molar-refractivity contribution in [1.29, 1.82) is 0 Å². The molecule has 1 saturated carbocycles. The first-order chi connectivity index (χ1) is 8.77. The normalized spacial score (nSPS) is 20.1. The second-order valence-electron chi connectivity index (χ2n) is 5.79. The highest BCUT2D eigenvalue weighted by molar-refractivity contribution is 5.28. The van der Waals surface area contributed by atoms with Gasteiger partial charge in [-0.05, 0) is 37.8 Å².